The Hall–Kier alpha value is -1.88. The number of aromatic hydroxyl groups is 1. The second kappa shape index (κ2) is 7.79. The number of carbonyl (C=O) groups excluding carboxylic acids is 1. The molecule has 1 N–H and O–H groups in total. The van der Waals surface area contributed by atoms with Crippen LogP contribution in [0, 0.1) is 0 Å². The first-order chi connectivity index (χ1) is 11.1. The molecule has 0 amide bonds. The van der Waals surface area contributed by atoms with E-state index in [0.717, 1.165) is 5.56 Å². The number of hydrogen-bond donors (Lipinski definition) is 1. The van der Waals surface area contributed by atoms with Gasteiger partial charge in [0.25, 0.3) is 0 Å². The van der Waals surface area contributed by atoms with Gasteiger partial charge in [-0.15, -0.1) is 0 Å². The normalized spacial score (nSPS) is 11.7. The minimum Gasteiger partial charge on any atom is -0.507 e. The summed E-state index contributed by atoms with van der Waals surface area (Å²) in [6, 6.07) is 16.0. The zero-order valence-corrected chi connectivity index (χ0v) is 15.7. The van der Waals surface area contributed by atoms with Crippen LogP contribution in [0.2, 0.25) is 0 Å². The van der Waals surface area contributed by atoms with Crippen molar-refractivity contribution in [2.75, 3.05) is 0 Å². The van der Waals surface area contributed by atoms with Crippen LogP contribution in [0.25, 0.3) is 11.0 Å². The van der Waals surface area contributed by atoms with Crippen LogP contribution in [0.15, 0.2) is 63.8 Å². The van der Waals surface area contributed by atoms with Crippen molar-refractivity contribution in [3.8, 4) is 5.75 Å². The summed E-state index contributed by atoms with van der Waals surface area (Å²) in [4.78, 5) is 24.1. The Morgan fingerprint density at radius 3 is 2.38 bits per heavy atom. The molecular formula is C19H16NaO4+. The van der Waals surface area contributed by atoms with Crippen LogP contribution < -0.4 is 35.2 Å². The molecule has 1 heterocycles. The van der Waals surface area contributed by atoms with Gasteiger partial charge in [-0.05, 0) is 24.6 Å². The molecule has 3 aromatic rings. The monoisotopic (exact) mass is 331 g/mol. The van der Waals surface area contributed by atoms with Gasteiger partial charge in [0.05, 0.1) is 10.9 Å². The first kappa shape index (κ1) is 18.5. The fourth-order valence-electron chi connectivity index (χ4n) is 2.81. The van der Waals surface area contributed by atoms with E-state index in [1.807, 2.05) is 30.3 Å². The summed E-state index contributed by atoms with van der Waals surface area (Å²) < 4.78 is 5.33. The third-order valence-electron chi connectivity index (χ3n) is 3.86. The molecule has 0 spiro atoms. The van der Waals surface area contributed by atoms with Gasteiger partial charge in [-0.2, -0.15) is 0 Å². The Morgan fingerprint density at radius 1 is 1.08 bits per heavy atom. The molecule has 0 bridgehead atoms. The van der Waals surface area contributed by atoms with Crippen LogP contribution in [-0.4, -0.2) is 10.9 Å². The van der Waals surface area contributed by atoms with Crippen molar-refractivity contribution in [3.05, 3.63) is 76.1 Å². The van der Waals surface area contributed by atoms with Crippen molar-refractivity contribution in [2.45, 2.75) is 19.3 Å². The number of fused-ring (bicyclic) bond motifs is 1. The van der Waals surface area contributed by atoms with Crippen LogP contribution in [0.3, 0.4) is 0 Å². The Balaban J connectivity index is 0.00000208. The van der Waals surface area contributed by atoms with E-state index in [2.05, 4.69) is 0 Å². The fourth-order valence-corrected chi connectivity index (χ4v) is 2.81. The molecule has 0 aliphatic rings. The second-order valence-corrected chi connectivity index (χ2v) is 5.52. The number of Topliss-reactive ketones (excluding diaryl/α,β-unsaturated/α-hetero) is 1. The third-order valence-corrected chi connectivity index (χ3v) is 3.86. The van der Waals surface area contributed by atoms with E-state index in [1.54, 1.807) is 24.3 Å². The topological polar surface area (TPSA) is 67.5 Å². The van der Waals surface area contributed by atoms with Gasteiger partial charge in [-0.1, -0.05) is 42.5 Å². The predicted octanol–water partition coefficient (Wildman–Crippen LogP) is 0.614. The van der Waals surface area contributed by atoms with Crippen molar-refractivity contribution < 1.29 is 43.9 Å². The molecule has 4 nitrogen and oxygen atoms in total. The molecule has 5 heteroatoms. The first-order valence-corrected chi connectivity index (χ1v) is 7.37. The number of carbonyl (C=O) groups is 1. The average molecular weight is 331 g/mol. The van der Waals surface area contributed by atoms with Gasteiger partial charge < -0.3 is 9.52 Å². The Labute approximate surface area is 161 Å². The number of para-hydroxylation sites is 1. The van der Waals surface area contributed by atoms with Crippen molar-refractivity contribution in [3.63, 3.8) is 0 Å². The summed E-state index contributed by atoms with van der Waals surface area (Å²) in [6.45, 7) is 1.47. The van der Waals surface area contributed by atoms with Gasteiger partial charge >= 0.3 is 35.2 Å². The first-order valence-electron chi connectivity index (χ1n) is 7.37. The van der Waals surface area contributed by atoms with Gasteiger partial charge in [0.1, 0.15) is 17.1 Å². The summed E-state index contributed by atoms with van der Waals surface area (Å²) in [6.07, 6.45) is 0.126. The Kier molecular flexibility index (Phi) is 5.99. The van der Waals surface area contributed by atoms with E-state index in [4.69, 9.17) is 4.42 Å². The van der Waals surface area contributed by atoms with Gasteiger partial charge in [0.15, 0.2) is 0 Å². The van der Waals surface area contributed by atoms with Crippen molar-refractivity contribution >= 4 is 16.8 Å². The minimum absolute atomic E-state index is 0. The maximum atomic E-state index is 12.4. The van der Waals surface area contributed by atoms with Crippen LogP contribution in [-0.2, 0) is 4.79 Å². The molecule has 1 atom stereocenters. The summed E-state index contributed by atoms with van der Waals surface area (Å²) >= 11 is 0. The second-order valence-electron chi connectivity index (χ2n) is 5.52. The van der Waals surface area contributed by atoms with Crippen molar-refractivity contribution in [1.29, 1.82) is 0 Å². The van der Waals surface area contributed by atoms with Gasteiger partial charge in [-0.25, -0.2) is 4.79 Å². The zero-order valence-electron chi connectivity index (χ0n) is 13.7. The van der Waals surface area contributed by atoms with Gasteiger partial charge in [-0.3, -0.25) is 4.79 Å². The SMILES string of the molecule is CC(=O)CC(c1ccccc1)c1c(O)c2ccccc2oc1=O.[Na+]. The molecule has 24 heavy (non-hydrogen) atoms. The van der Waals surface area contributed by atoms with Crippen LogP contribution in [0.4, 0.5) is 0 Å². The maximum Gasteiger partial charge on any atom is 1.00 e. The average Bonchev–Trinajstić information content (AvgIpc) is 2.54. The van der Waals surface area contributed by atoms with Crippen molar-refractivity contribution in [1.82, 2.24) is 0 Å². The molecule has 0 saturated carbocycles. The molecule has 0 fully saturated rings. The van der Waals surface area contributed by atoms with E-state index in [9.17, 15) is 14.7 Å². The number of hydrogen-bond acceptors (Lipinski definition) is 4. The smallest absolute Gasteiger partial charge is 0.507 e. The van der Waals surface area contributed by atoms with E-state index >= 15 is 0 Å². The van der Waals surface area contributed by atoms with Crippen LogP contribution in [0.1, 0.15) is 30.4 Å². The quantitative estimate of drug-likeness (QED) is 0.562. The molecule has 116 valence electrons. The predicted molar refractivity (Wildman–Crippen MR) is 87.7 cm³/mol. The van der Waals surface area contributed by atoms with Crippen LogP contribution in [0.5, 0.6) is 5.75 Å². The largest absolute Gasteiger partial charge is 1.00 e. The third kappa shape index (κ3) is 3.61. The van der Waals surface area contributed by atoms with Crippen molar-refractivity contribution in [2.24, 2.45) is 0 Å². The molecule has 0 saturated heterocycles. The Morgan fingerprint density at radius 2 is 1.71 bits per heavy atom. The molecule has 0 aliphatic heterocycles. The number of rotatable bonds is 4. The number of ketones is 1. The minimum atomic E-state index is -0.615. The molecule has 2 aromatic carbocycles. The van der Waals surface area contributed by atoms with E-state index in [-0.39, 0.29) is 53.1 Å². The van der Waals surface area contributed by atoms with E-state index in [1.165, 1.54) is 6.92 Å². The summed E-state index contributed by atoms with van der Waals surface area (Å²) in [5.41, 5.74) is 0.635. The summed E-state index contributed by atoms with van der Waals surface area (Å²) in [5.74, 6) is -0.715. The molecule has 3 rings (SSSR count). The summed E-state index contributed by atoms with van der Waals surface area (Å²) in [7, 11) is 0. The molecule has 0 radical (unpaired) electrons. The Bertz CT molecular complexity index is 916. The fraction of sp³-hybridized carbons (Fsp3) is 0.158. The van der Waals surface area contributed by atoms with Gasteiger partial charge in [0, 0.05) is 12.3 Å². The molecular weight excluding hydrogens is 315 g/mol. The molecule has 0 aliphatic carbocycles. The number of benzene rings is 2. The van der Waals surface area contributed by atoms with E-state index in [0.29, 0.717) is 11.0 Å². The molecule has 1 aromatic heterocycles. The maximum absolute atomic E-state index is 12.4. The standard InChI is InChI=1S/C19H16O4.Na/c1-12(20)11-15(13-7-3-2-4-8-13)17-18(21)14-9-5-6-10-16(14)23-19(17)22;/h2-10,15,21H,11H2,1H3;/q;+1. The summed E-state index contributed by atoms with van der Waals surface area (Å²) in [5, 5.41) is 11.1. The molecule has 1 unspecified atom stereocenters. The van der Waals surface area contributed by atoms with Crippen LogP contribution >= 0.6 is 0 Å². The van der Waals surface area contributed by atoms with E-state index < -0.39 is 11.5 Å². The zero-order chi connectivity index (χ0) is 16.4. The van der Waals surface area contributed by atoms with Gasteiger partial charge in [0.2, 0.25) is 0 Å².